The average molecular weight is 374 g/mol. The Labute approximate surface area is 146 Å². The standard InChI is InChI=1S/C17H15F5N2S/c1-10-7-13(19)14(8-15(10)25-9-17(20,21)22)24-16(23-2)11-3-5-12(18)6-4-11/h3-8H,9H2,1-2H3,(H,23,24). The normalized spacial score (nSPS) is 12.4. The molecule has 0 atom stereocenters. The highest BCUT2D eigenvalue weighted by atomic mass is 32.2. The Hall–Kier alpha value is -2.09. The van der Waals surface area contributed by atoms with Crippen LogP contribution in [0.2, 0.25) is 0 Å². The van der Waals surface area contributed by atoms with Crippen LogP contribution in [-0.4, -0.2) is 24.8 Å². The Morgan fingerprint density at radius 1 is 1.12 bits per heavy atom. The molecule has 0 fully saturated rings. The van der Waals surface area contributed by atoms with Crippen molar-refractivity contribution in [3.63, 3.8) is 0 Å². The van der Waals surface area contributed by atoms with Gasteiger partial charge < -0.3 is 5.32 Å². The maximum atomic E-state index is 14.2. The van der Waals surface area contributed by atoms with Crippen molar-refractivity contribution in [2.24, 2.45) is 4.99 Å². The third-order valence-electron chi connectivity index (χ3n) is 3.22. The molecule has 8 heteroatoms. The molecule has 0 heterocycles. The van der Waals surface area contributed by atoms with Gasteiger partial charge >= 0.3 is 6.18 Å². The predicted molar refractivity (Wildman–Crippen MR) is 89.6 cm³/mol. The van der Waals surface area contributed by atoms with E-state index in [2.05, 4.69) is 10.3 Å². The van der Waals surface area contributed by atoms with E-state index in [1.54, 1.807) is 7.05 Å². The molecule has 2 rings (SSSR count). The largest absolute Gasteiger partial charge is 0.398 e. The lowest BCUT2D eigenvalue weighted by atomic mass is 10.2. The van der Waals surface area contributed by atoms with E-state index in [1.165, 1.54) is 37.3 Å². The second-order valence-electron chi connectivity index (χ2n) is 5.19. The third kappa shape index (κ3) is 5.45. The van der Waals surface area contributed by atoms with Gasteiger partial charge in [0.15, 0.2) is 0 Å². The minimum atomic E-state index is -4.32. The molecule has 0 saturated heterocycles. The van der Waals surface area contributed by atoms with Crippen molar-refractivity contribution < 1.29 is 22.0 Å². The summed E-state index contributed by atoms with van der Waals surface area (Å²) in [6.45, 7) is 1.54. The molecule has 0 aliphatic carbocycles. The molecule has 134 valence electrons. The summed E-state index contributed by atoms with van der Waals surface area (Å²) in [7, 11) is 1.56. The van der Waals surface area contributed by atoms with Gasteiger partial charge in [-0.05, 0) is 48.9 Å². The lowest BCUT2D eigenvalue weighted by Gasteiger charge is -2.11. The molecule has 0 aliphatic heterocycles. The Balaban J connectivity index is 2.37. The number of benzene rings is 2. The van der Waals surface area contributed by atoms with E-state index in [4.69, 9.17) is 0 Å². The summed E-state index contributed by atoms with van der Waals surface area (Å²) in [5.41, 5.74) is 0.829. The molecule has 2 aromatic carbocycles. The van der Waals surface area contributed by atoms with E-state index in [1.807, 2.05) is 0 Å². The highest BCUT2D eigenvalue weighted by Gasteiger charge is 2.27. The van der Waals surface area contributed by atoms with Crippen molar-refractivity contribution in [2.45, 2.75) is 18.0 Å². The van der Waals surface area contributed by atoms with Crippen molar-refractivity contribution in [2.75, 3.05) is 12.8 Å². The molecular weight excluding hydrogens is 359 g/mol. The molecule has 25 heavy (non-hydrogen) atoms. The molecule has 0 aromatic heterocycles. The van der Waals surface area contributed by atoms with Crippen LogP contribution >= 0.6 is 11.8 Å². The number of alkyl halides is 3. The number of hydrogen-bond acceptors (Lipinski definition) is 2. The number of aryl methyl sites for hydroxylation is 1. The Morgan fingerprint density at radius 2 is 1.76 bits per heavy atom. The fourth-order valence-electron chi connectivity index (χ4n) is 2.04. The summed E-state index contributed by atoms with van der Waals surface area (Å²) in [4.78, 5) is 4.43. The lowest BCUT2D eigenvalue weighted by Crippen LogP contribution is -2.19. The molecule has 0 saturated carbocycles. The molecule has 0 bridgehead atoms. The van der Waals surface area contributed by atoms with Crippen LogP contribution in [-0.2, 0) is 0 Å². The van der Waals surface area contributed by atoms with Gasteiger partial charge in [0, 0.05) is 17.5 Å². The van der Waals surface area contributed by atoms with E-state index in [-0.39, 0.29) is 11.5 Å². The number of rotatable bonds is 4. The second-order valence-corrected chi connectivity index (χ2v) is 6.21. The fourth-order valence-corrected chi connectivity index (χ4v) is 2.84. The molecular formula is C17H15F5N2S. The van der Waals surface area contributed by atoms with Crippen LogP contribution in [0.25, 0.3) is 0 Å². The molecule has 0 amide bonds. The van der Waals surface area contributed by atoms with Gasteiger partial charge in [-0.2, -0.15) is 13.2 Å². The summed E-state index contributed by atoms with van der Waals surface area (Å²) in [6, 6.07) is 7.83. The quantitative estimate of drug-likeness (QED) is 0.343. The first-order chi connectivity index (χ1) is 11.7. The van der Waals surface area contributed by atoms with E-state index in [0.29, 0.717) is 27.8 Å². The Morgan fingerprint density at radius 3 is 2.32 bits per heavy atom. The van der Waals surface area contributed by atoms with Gasteiger partial charge in [-0.1, -0.05) is 0 Å². The summed E-state index contributed by atoms with van der Waals surface area (Å²) < 4.78 is 64.4. The number of amidine groups is 1. The van der Waals surface area contributed by atoms with Gasteiger partial charge in [-0.25, -0.2) is 13.8 Å². The number of nitrogens with one attached hydrogen (secondary N) is 1. The number of nitrogens with zero attached hydrogens (tertiary/aromatic N) is 1. The van der Waals surface area contributed by atoms with Crippen LogP contribution in [0, 0.1) is 18.6 Å². The maximum Gasteiger partial charge on any atom is 0.398 e. The number of thioether (sulfide) groups is 1. The van der Waals surface area contributed by atoms with Gasteiger partial charge in [-0.15, -0.1) is 11.8 Å². The maximum absolute atomic E-state index is 14.2. The summed E-state index contributed by atoms with van der Waals surface area (Å²) in [6.07, 6.45) is -4.32. The van der Waals surface area contributed by atoms with Gasteiger partial charge in [0.05, 0.1) is 5.75 Å². The van der Waals surface area contributed by atoms with Crippen molar-refractivity contribution >= 4 is 23.3 Å². The molecule has 0 spiro atoms. The molecule has 0 aliphatic rings. The van der Waals surface area contributed by atoms with Crippen LogP contribution in [0.15, 0.2) is 46.3 Å². The van der Waals surface area contributed by atoms with Crippen molar-refractivity contribution in [3.8, 4) is 0 Å². The first-order valence-corrected chi connectivity index (χ1v) is 8.20. The van der Waals surface area contributed by atoms with Gasteiger partial charge in [-0.3, -0.25) is 0 Å². The Bertz CT molecular complexity index is 770. The van der Waals surface area contributed by atoms with Crippen LogP contribution in [0.4, 0.5) is 27.6 Å². The monoisotopic (exact) mass is 374 g/mol. The predicted octanol–water partition coefficient (Wildman–Crippen LogP) is 5.23. The molecule has 2 nitrogen and oxygen atoms in total. The van der Waals surface area contributed by atoms with Crippen molar-refractivity contribution in [3.05, 3.63) is 59.2 Å². The Kier molecular flexibility index (Phi) is 6.05. The minimum Gasteiger partial charge on any atom is -0.373 e. The van der Waals surface area contributed by atoms with Crippen molar-refractivity contribution in [1.29, 1.82) is 0 Å². The van der Waals surface area contributed by atoms with Crippen LogP contribution in [0.1, 0.15) is 11.1 Å². The van der Waals surface area contributed by atoms with Gasteiger partial charge in [0.2, 0.25) is 0 Å². The van der Waals surface area contributed by atoms with E-state index in [9.17, 15) is 22.0 Å². The highest BCUT2D eigenvalue weighted by Crippen LogP contribution is 2.33. The summed E-state index contributed by atoms with van der Waals surface area (Å²) in [5, 5.41) is 2.78. The second kappa shape index (κ2) is 7.86. The number of aliphatic imine (C=N–C) groups is 1. The zero-order valence-corrected chi connectivity index (χ0v) is 14.2. The molecule has 0 unspecified atom stereocenters. The van der Waals surface area contributed by atoms with Crippen LogP contribution in [0.5, 0.6) is 0 Å². The average Bonchev–Trinajstić information content (AvgIpc) is 2.53. The minimum absolute atomic E-state index is 0.0936. The third-order valence-corrected chi connectivity index (χ3v) is 4.44. The SMILES string of the molecule is CN/C(=N/c1cc(SCC(F)(F)F)c(C)cc1F)c1ccc(F)cc1. The van der Waals surface area contributed by atoms with Gasteiger partial charge in [0.25, 0.3) is 0 Å². The number of hydrogen-bond donors (Lipinski definition) is 1. The van der Waals surface area contributed by atoms with Crippen molar-refractivity contribution in [1.82, 2.24) is 5.32 Å². The van der Waals surface area contributed by atoms with E-state index < -0.39 is 23.6 Å². The highest BCUT2D eigenvalue weighted by molar-refractivity contribution is 7.99. The zero-order chi connectivity index (χ0) is 18.6. The van der Waals surface area contributed by atoms with Gasteiger partial charge in [0.1, 0.15) is 23.2 Å². The smallest absolute Gasteiger partial charge is 0.373 e. The number of halogens is 5. The topological polar surface area (TPSA) is 24.4 Å². The first-order valence-electron chi connectivity index (χ1n) is 7.21. The van der Waals surface area contributed by atoms with Crippen LogP contribution < -0.4 is 5.32 Å². The molecule has 1 N–H and O–H groups in total. The first kappa shape index (κ1) is 19.2. The summed E-state index contributed by atoms with van der Waals surface area (Å²) >= 11 is 0.578. The molecule has 0 radical (unpaired) electrons. The van der Waals surface area contributed by atoms with E-state index in [0.717, 1.165) is 6.07 Å². The summed E-state index contributed by atoms with van der Waals surface area (Å²) in [5.74, 6) is -1.87. The zero-order valence-electron chi connectivity index (χ0n) is 13.4. The van der Waals surface area contributed by atoms with Crippen LogP contribution in [0.3, 0.4) is 0 Å². The fraction of sp³-hybridized carbons (Fsp3) is 0.235. The van der Waals surface area contributed by atoms with E-state index >= 15 is 0 Å². The molecule has 2 aromatic rings. The lowest BCUT2D eigenvalue weighted by molar-refractivity contribution is -0.105.